The maximum absolute atomic E-state index is 12.1. The van der Waals surface area contributed by atoms with Crippen molar-refractivity contribution in [2.75, 3.05) is 0 Å². The lowest BCUT2D eigenvalue weighted by atomic mass is 9.86. The molecule has 0 saturated heterocycles. The van der Waals surface area contributed by atoms with Crippen molar-refractivity contribution in [3.8, 4) is 0 Å². The van der Waals surface area contributed by atoms with Gasteiger partial charge in [0.2, 0.25) is 0 Å². The largest absolute Gasteiger partial charge is 0.272 e. The SMILES string of the molecule is Cc1cc(C)c2c(c1)/C(=N/NC(=O)c1cccnc1)CCC2. The number of benzene rings is 1. The molecule has 2 aromatic rings. The highest BCUT2D eigenvalue weighted by atomic mass is 16.2. The first-order valence-electron chi connectivity index (χ1n) is 7.52. The Kier molecular flexibility index (Phi) is 4.00. The summed E-state index contributed by atoms with van der Waals surface area (Å²) >= 11 is 0. The van der Waals surface area contributed by atoms with Crippen molar-refractivity contribution in [3.63, 3.8) is 0 Å². The van der Waals surface area contributed by atoms with Crippen LogP contribution in [0.1, 0.15) is 45.5 Å². The first-order chi connectivity index (χ1) is 10.6. The Hall–Kier alpha value is -2.49. The Morgan fingerprint density at radius 1 is 1.27 bits per heavy atom. The van der Waals surface area contributed by atoms with Crippen LogP contribution in [0.25, 0.3) is 0 Å². The van der Waals surface area contributed by atoms with Crippen molar-refractivity contribution in [1.29, 1.82) is 0 Å². The number of hydrazone groups is 1. The van der Waals surface area contributed by atoms with Crippen LogP contribution in [0.5, 0.6) is 0 Å². The van der Waals surface area contributed by atoms with Gasteiger partial charge in [0, 0.05) is 18.0 Å². The number of nitrogens with one attached hydrogen (secondary N) is 1. The number of aromatic nitrogens is 1. The number of aryl methyl sites for hydroxylation is 2. The van der Waals surface area contributed by atoms with Gasteiger partial charge in [-0.05, 0) is 62.4 Å². The van der Waals surface area contributed by atoms with E-state index in [2.05, 4.69) is 41.5 Å². The molecule has 1 amide bonds. The van der Waals surface area contributed by atoms with Crippen molar-refractivity contribution < 1.29 is 4.79 Å². The summed E-state index contributed by atoms with van der Waals surface area (Å²) < 4.78 is 0. The van der Waals surface area contributed by atoms with Crippen LogP contribution in [0.4, 0.5) is 0 Å². The average molecular weight is 293 g/mol. The van der Waals surface area contributed by atoms with E-state index in [1.54, 1.807) is 24.5 Å². The monoisotopic (exact) mass is 293 g/mol. The normalized spacial score (nSPS) is 15.5. The van der Waals surface area contributed by atoms with Crippen molar-refractivity contribution in [3.05, 3.63) is 64.5 Å². The molecule has 22 heavy (non-hydrogen) atoms. The van der Waals surface area contributed by atoms with Gasteiger partial charge in [-0.3, -0.25) is 9.78 Å². The second kappa shape index (κ2) is 6.10. The molecule has 4 nitrogen and oxygen atoms in total. The highest BCUT2D eigenvalue weighted by Gasteiger charge is 2.18. The maximum Gasteiger partial charge on any atom is 0.272 e. The van der Waals surface area contributed by atoms with E-state index in [0.717, 1.165) is 25.0 Å². The molecule has 0 unspecified atom stereocenters. The topological polar surface area (TPSA) is 54.4 Å². The van der Waals surface area contributed by atoms with Crippen molar-refractivity contribution in [1.82, 2.24) is 10.4 Å². The molecule has 0 saturated carbocycles. The van der Waals surface area contributed by atoms with Gasteiger partial charge in [-0.1, -0.05) is 11.6 Å². The fourth-order valence-corrected chi connectivity index (χ4v) is 2.95. The molecule has 0 spiro atoms. The van der Waals surface area contributed by atoms with E-state index in [1.807, 2.05) is 0 Å². The molecule has 0 aliphatic heterocycles. The lowest BCUT2D eigenvalue weighted by molar-refractivity contribution is 0.0954. The summed E-state index contributed by atoms with van der Waals surface area (Å²) in [6, 6.07) is 7.84. The number of carbonyl (C=O) groups is 1. The second-order valence-corrected chi connectivity index (χ2v) is 5.70. The summed E-state index contributed by atoms with van der Waals surface area (Å²) in [5, 5.41) is 4.37. The van der Waals surface area contributed by atoms with Gasteiger partial charge in [0.1, 0.15) is 0 Å². The Bertz CT molecular complexity index is 735. The quantitative estimate of drug-likeness (QED) is 0.865. The van der Waals surface area contributed by atoms with E-state index in [0.29, 0.717) is 5.56 Å². The van der Waals surface area contributed by atoms with Crippen LogP contribution in [0.15, 0.2) is 41.8 Å². The zero-order valence-electron chi connectivity index (χ0n) is 12.9. The van der Waals surface area contributed by atoms with Crippen LogP contribution in [-0.4, -0.2) is 16.6 Å². The molecule has 3 rings (SSSR count). The van der Waals surface area contributed by atoms with E-state index in [9.17, 15) is 4.79 Å². The molecule has 1 aliphatic rings. The van der Waals surface area contributed by atoms with Crippen LogP contribution < -0.4 is 5.43 Å². The maximum atomic E-state index is 12.1. The zero-order chi connectivity index (χ0) is 15.5. The molecule has 112 valence electrons. The summed E-state index contributed by atoms with van der Waals surface area (Å²) in [5.74, 6) is -0.225. The number of amides is 1. The van der Waals surface area contributed by atoms with E-state index >= 15 is 0 Å². The Morgan fingerprint density at radius 3 is 2.91 bits per heavy atom. The summed E-state index contributed by atoms with van der Waals surface area (Å²) in [6.45, 7) is 4.23. The Balaban J connectivity index is 1.86. The number of rotatable bonds is 2. The fraction of sp³-hybridized carbons (Fsp3) is 0.278. The first-order valence-corrected chi connectivity index (χ1v) is 7.52. The first kappa shape index (κ1) is 14.4. The number of hydrogen-bond donors (Lipinski definition) is 1. The fourth-order valence-electron chi connectivity index (χ4n) is 2.95. The van der Waals surface area contributed by atoms with Crippen LogP contribution in [-0.2, 0) is 6.42 Å². The molecule has 4 heteroatoms. The van der Waals surface area contributed by atoms with Gasteiger partial charge < -0.3 is 0 Å². The van der Waals surface area contributed by atoms with E-state index in [1.165, 1.54) is 22.3 Å². The summed E-state index contributed by atoms with van der Waals surface area (Å²) in [6.07, 6.45) is 6.23. The molecule has 0 bridgehead atoms. The summed E-state index contributed by atoms with van der Waals surface area (Å²) in [5.41, 5.74) is 9.20. The lowest BCUT2D eigenvalue weighted by Gasteiger charge is -2.20. The summed E-state index contributed by atoms with van der Waals surface area (Å²) in [7, 11) is 0. The molecule has 0 fully saturated rings. The molecular weight excluding hydrogens is 274 g/mol. The number of hydrogen-bond acceptors (Lipinski definition) is 3. The van der Waals surface area contributed by atoms with E-state index < -0.39 is 0 Å². The molecule has 1 aromatic carbocycles. The molecule has 1 aromatic heterocycles. The third-order valence-corrected chi connectivity index (χ3v) is 3.98. The van der Waals surface area contributed by atoms with Gasteiger partial charge in [0.15, 0.2) is 0 Å². The number of nitrogens with zero attached hydrogens (tertiary/aromatic N) is 2. The highest BCUT2D eigenvalue weighted by molar-refractivity contribution is 6.04. The number of fused-ring (bicyclic) bond motifs is 1. The molecule has 0 radical (unpaired) electrons. The zero-order valence-corrected chi connectivity index (χ0v) is 12.9. The van der Waals surface area contributed by atoms with E-state index in [4.69, 9.17) is 0 Å². The van der Waals surface area contributed by atoms with Crippen LogP contribution >= 0.6 is 0 Å². The van der Waals surface area contributed by atoms with Gasteiger partial charge in [0.25, 0.3) is 5.91 Å². The smallest absolute Gasteiger partial charge is 0.267 e. The molecule has 0 atom stereocenters. The average Bonchev–Trinajstić information content (AvgIpc) is 2.53. The molecule has 1 N–H and O–H groups in total. The van der Waals surface area contributed by atoms with Gasteiger partial charge in [-0.15, -0.1) is 0 Å². The number of pyridine rings is 1. The van der Waals surface area contributed by atoms with Crippen LogP contribution in [0.2, 0.25) is 0 Å². The van der Waals surface area contributed by atoms with Crippen LogP contribution in [0, 0.1) is 13.8 Å². The minimum absolute atomic E-state index is 0.225. The lowest BCUT2D eigenvalue weighted by Crippen LogP contribution is -2.22. The Labute approximate surface area is 130 Å². The third-order valence-electron chi connectivity index (χ3n) is 3.98. The second-order valence-electron chi connectivity index (χ2n) is 5.70. The van der Waals surface area contributed by atoms with Gasteiger partial charge in [-0.25, -0.2) is 5.43 Å². The predicted molar refractivity (Wildman–Crippen MR) is 87.1 cm³/mol. The number of carbonyl (C=O) groups excluding carboxylic acids is 1. The van der Waals surface area contributed by atoms with Gasteiger partial charge in [0.05, 0.1) is 11.3 Å². The van der Waals surface area contributed by atoms with Crippen molar-refractivity contribution in [2.45, 2.75) is 33.1 Å². The Morgan fingerprint density at radius 2 is 2.14 bits per heavy atom. The molecule has 1 heterocycles. The minimum atomic E-state index is -0.225. The van der Waals surface area contributed by atoms with Gasteiger partial charge in [-0.2, -0.15) is 5.10 Å². The van der Waals surface area contributed by atoms with Crippen molar-refractivity contribution in [2.24, 2.45) is 5.10 Å². The van der Waals surface area contributed by atoms with Crippen molar-refractivity contribution >= 4 is 11.6 Å². The molecule has 1 aliphatic carbocycles. The highest BCUT2D eigenvalue weighted by Crippen LogP contribution is 2.26. The van der Waals surface area contributed by atoms with E-state index in [-0.39, 0.29) is 5.91 Å². The minimum Gasteiger partial charge on any atom is -0.267 e. The standard InChI is InChI=1S/C18H19N3O/c1-12-9-13(2)15-6-3-7-17(16(15)10-12)20-21-18(22)14-5-4-8-19-11-14/h4-5,8-11H,3,6-7H2,1-2H3,(H,21,22)/b20-17+. The van der Waals surface area contributed by atoms with Gasteiger partial charge >= 0.3 is 0 Å². The predicted octanol–water partition coefficient (Wildman–Crippen LogP) is 3.17. The molecular formula is C18H19N3O. The summed E-state index contributed by atoms with van der Waals surface area (Å²) in [4.78, 5) is 16.0. The third kappa shape index (κ3) is 2.91. The van der Waals surface area contributed by atoms with Crippen LogP contribution in [0.3, 0.4) is 0 Å².